The summed E-state index contributed by atoms with van der Waals surface area (Å²) >= 11 is 0. The van der Waals surface area contributed by atoms with Gasteiger partial charge in [-0.2, -0.15) is 0 Å². The number of hydrogen-bond donors (Lipinski definition) is 2. The quantitative estimate of drug-likeness (QED) is 0.608. The van der Waals surface area contributed by atoms with Gasteiger partial charge < -0.3 is 24.2 Å². The first kappa shape index (κ1) is 22.0. The van der Waals surface area contributed by atoms with Crippen molar-refractivity contribution in [1.29, 1.82) is 0 Å². The van der Waals surface area contributed by atoms with Crippen LogP contribution in [0.4, 0.5) is 4.79 Å². The second-order valence-corrected chi connectivity index (χ2v) is 9.17. The van der Waals surface area contributed by atoms with Gasteiger partial charge in [-0.25, -0.2) is 9.59 Å². The van der Waals surface area contributed by atoms with Gasteiger partial charge in [0.15, 0.2) is 6.04 Å². The molecule has 2 N–H and O–H groups in total. The maximum Gasteiger partial charge on any atom is 0.407 e. The molecule has 8 nitrogen and oxygen atoms in total. The van der Waals surface area contributed by atoms with Crippen LogP contribution in [-0.4, -0.2) is 49.7 Å². The molecule has 30 heavy (non-hydrogen) atoms. The third kappa shape index (κ3) is 4.73. The fraction of sp³-hybridized carbons (Fsp3) is 0.333. The van der Waals surface area contributed by atoms with Gasteiger partial charge >= 0.3 is 19.7 Å². The van der Waals surface area contributed by atoms with Gasteiger partial charge in [0.25, 0.3) is 0 Å². The molecular formula is C21H24NO7P. The summed E-state index contributed by atoms with van der Waals surface area (Å²) in [6, 6.07) is 14.3. The van der Waals surface area contributed by atoms with Gasteiger partial charge in [-0.1, -0.05) is 48.5 Å². The number of nitrogens with one attached hydrogen (secondary N) is 1. The minimum absolute atomic E-state index is 0.0474. The number of fused-ring (bicyclic) bond motifs is 3. The third-order valence-electron chi connectivity index (χ3n) is 5.04. The molecule has 2 unspecified atom stereocenters. The van der Waals surface area contributed by atoms with Gasteiger partial charge in [-0.15, -0.1) is 0 Å². The van der Waals surface area contributed by atoms with Crippen molar-refractivity contribution >= 4 is 19.7 Å². The van der Waals surface area contributed by atoms with Crippen molar-refractivity contribution in [3.8, 4) is 11.1 Å². The summed E-state index contributed by atoms with van der Waals surface area (Å²) in [5.74, 6) is -1.49. The van der Waals surface area contributed by atoms with Gasteiger partial charge in [0.1, 0.15) is 6.61 Å². The molecule has 0 saturated heterocycles. The van der Waals surface area contributed by atoms with Gasteiger partial charge in [-0.3, -0.25) is 4.57 Å². The zero-order valence-electron chi connectivity index (χ0n) is 16.9. The van der Waals surface area contributed by atoms with Crippen molar-refractivity contribution in [3.05, 3.63) is 59.7 Å². The molecule has 160 valence electrons. The molecule has 0 heterocycles. The maximum atomic E-state index is 12.3. The molecule has 0 aliphatic heterocycles. The van der Waals surface area contributed by atoms with E-state index >= 15 is 0 Å². The van der Waals surface area contributed by atoms with Crippen LogP contribution >= 0.6 is 7.60 Å². The highest BCUT2D eigenvalue weighted by atomic mass is 31.2. The lowest BCUT2D eigenvalue weighted by Gasteiger charge is -2.24. The van der Waals surface area contributed by atoms with Crippen LogP contribution < -0.4 is 5.32 Å². The Kier molecular flexibility index (Phi) is 6.61. The molecule has 2 aromatic rings. The third-order valence-corrected chi connectivity index (χ3v) is 6.42. The number of carbonyl (C=O) groups excluding carboxylic acids is 1. The molecular weight excluding hydrogens is 409 g/mol. The van der Waals surface area contributed by atoms with Crippen LogP contribution in [0.15, 0.2) is 48.5 Å². The number of carboxylic acids is 1. The Morgan fingerprint density at radius 3 is 2.13 bits per heavy atom. The fourth-order valence-electron chi connectivity index (χ4n) is 3.55. The van der Waals surface area contributed by atoms with Crippen molar-refractivity contribution in [2.45, 2.75) is 25.0 Å². The molecule has 0 spiro atoms. The number of carbonyl (C=O) groups is 2. The Balaban J connectivity index is 1.68. The summed E-state index contributed by atoms with van der Waals surface area (Å²) in [4.78, 5) is 23.9. The maximum absolute atomic E-state index is 12.3. The monoisotopic (exact) mass is 433 g/mol. The first-order valence-electron chi connectivity index (χ1n) is 9.39. The predicted molar refractivity (Wildman–Crippen MR) is 111 cm³/mol. The van der Waals surface area contributed by atoms with Gasteiger partial charge in [0.05, 0.1) is 6.10 Å². The summed E-state index contributed by atoms with van der Waals surface area (Å²) in [5.41, 5.74) is 4.27. The number of carboxylic acid groups (broad SMARTS) is 1. The zero-order valence-corrected chi connectivity index (χ0v) is 17.8. The fourth-order valence-corrected chi connectivity index (χ4v) is 4.36. The largest absolute Gasteiger partial charge is 0.480 e. The molecule has 0 aromatic heterocycles. The van der Waals surface area contributed by atoms with Crippen molar-refractivity contribution in [3.63, 3.8) is 0 Å². The summed E-state index contributed by atoms with van der Waals surface area (Å²) in [5, 5.41) is 11.7. The highest BCUT2D eigenvalue weighted by Gasteiger charge is 2.33. The smallest absolute Gasteiger partial charge is 0.407 e. The van der Waals surface area contributed by atoms with E-state index in [-0.39, 0.29) is 12.5 Å². The lowest BCUT2D eigenvalue weighted by molar-refractivity contribution is -0.141. The van der Waals surface area contributed by atoms with Gasteiger partial charge in [0, 0.05) is 19.7 Å². The summed E-state index contributed by atoms with van der Waals surface area (Å²) in [6.07, 6.45) is -2.00. The highest BCUT2D eigenvalue weighted by molar-refractivity contribution is 7.52. The molecule has 1 aliphatic carbocycles. The SMILES string of the molecule is COP(C)(=O)OC(C)[C@H](NC(=O)OCC1c2ccccc2-c2ccccc21)C(=O)O. The molecule has 0 saturated carbocycles. The number of benzene rings is 2. The van der Waals surface area contributed by atoms with Crippen molar-refractivity contribution in [2.75, 3.05) is 20.4 Å². The van der Waals surface area contributed by atoms with Crippen LogP contribution in [0.25, 0.3) is 11.1 Å². The summed E-state index contributed by atoms with van der Waals surface area (Å²) < 4.78 is 27.2. The van der Waals surface area contributed by atoms with Crippen LogP contribution in [0.5, 0.6) is 0 Å². The molecule has 0 radical (unpaired) electrons. The van der Waals surface area contributed by atoms with Gasteiger partial charge in [-0.05, 0) is 29.2 Å². The Hall–Kier alpha value is -2.67. The lowest BCUT2D eigenvalue weighted by atomic mass is 9.98. The average molecular weight is 433 g/mol. The summed E-state index contributed by atoms with van der Waals surface area (Å²) in [7, 11) is -2.23. The molecule has 3 atom stereocenters. The molecule has 0 bridgehead atoms. The molecule has 9 heteroatoms. The lowest BCUT2D eigenvalue weighted by Crippen LogP contribution is -2.48. The van der Waals surface area contributed by atoms with E-state index < -0.39 is 31.8 Å². The zero-order chi connectivity index (χ0) is 21.9. The molecule has 0 fully saturated rings. The Labute approximate surface area is 174 Å². The predicted octanol–water partition coefficient (Wildman–Crippen LogP) is 3.85. The Morgan fingerprint density at radius 2 is 1.63 bits per heavy atom. The first-order chi connectivity index (χ1) is 14.2. The van der Waals surface area contributed by atoms with Gasteiger partial charge in [0.2, 0.25) is 0 Å². The number of aliphatic carboxylic acids is 1. The number of hydrogen-bond acceptors (Lipinski definition) is 6. The first-order valence-corrected chi connectivity index (χ1v) is 11.4. The van der Waals surface area contributed by atoms with E-state index in [2.05, 4.69) is 5.32 Å². The number of rotatable bonds is 8. The van der Waals surface area contributed by atoms with Crippen LogP contribution in [0.2, 0.25) is 0 Å². The second kappa shape index (κ2) is 9.00. The normalized spacial score (nSPS) is 16.6. The van der Waals surface area contributed by atoms with Crippen LogP contribution in [0.1, 0.15) is 24.0 Å². The minimum atomic E-state index is -3.43. The highest BCUT2D eigenvalue weighted by Crippen LogP contribution is 2.45. The van der Waals surface area contributed by atoms with Crippen molar-refractivity contribution in [2.24, 2.45) is 0 Å². The van der Waals surface area contributed by atoms with Crippen LogP contribution in [0.3, 0.4) is 0 Å². The van der Waals surface area contributed by atoms with E-state index in [4.69, 9.17) is 13.8 Å². The molecule has 3 rings (SSSR count). The van der Waals surface area contributed by atoms with Crippen LogP contribution in [-0.2, 0) is 23.1 Å². The van der Waals surface area contributed by atoms with E-state index in [0.717, 1.165) is 22.3 Å². The molecule has 1 aliphatic rings. The average Bonchev–Trinajstić information content (AvgIpc) is 3.03. The minimum Gasteiger partial charge on any atom is -0.480 e. The van der Waals surface area contributed by atoms with Crippen LogP contribution in [0, 0.1) is 0 Å². The molecule has 1 amide bonds. The number of ether oxygens (including phenoxy) is 1. The van der Waals surface area contributed by atoms with E-state index in [1.165, 1.54) is 20.7 Å². The number of alkyl carbamates (subject to hydrolysis) is 1. The standard InChI is InChI=1S/C21H24NO7P/c1-13(29-30(3,26)27-2)19(20(23)24)22-21(25)28-12-18-16-10-6-4-8-14(16)15-9-5-7-11-17(15)18/h4-11,13,18-19H,12H2,1-3H3,(H,22,25)(H,23,24)/t13?,19-,30?/m0/s1. The topological polar surface area (TPSA) is 111 Å². The van der Waals surface area contributed by atoms with E-state index in [1.807, 2.05) is 48.5 Å². The van der Waals surface area contributed by atoms with E-state index in [1.54, 1.807) is 0 Å². The number of amides is 1. The van der Waals surface area contributed by atoms with E-state index in [0.29, 0.717) is 0 Å². The Morgan fingerprint density at radius 1 is 1.10 bits per heavy atom. The summed E-state index contributed by atoms with van der Waals surface area (Å²) in [6.45, 7) is 2.65. The Bertz CT molecular complexity index is 947. The second-order valence-electron chi connectivity index (χ2n) is 7.05. The van der Waals surface area contributed by atoms with Crippen molar-refractivity contribution < 1.29 is 33.0 Å². The molecule has 2 aromatic carbocycles. The van der Waals surface area contributed by atoms with Crippen molar-refractivity contribution in [1.82, 2.24) is 5.32 Å². The van der Waals surface area contributed by atoms with E-state index in [9.17, 15) is 19.3 Å².